The van der Waals surface area contributed by atoms with E-state index in [0.717, 1.165) is 44.1 Å². The Bertz CT molecular complexity index is 1820. The smallest absolute Gasteiger partial charge is 0.443 e. The number of guanidine groups is 1. The average molecular weight is 761 g/mol. The van der Waals surface area contributed by atoms with Gasteiger partial charge in [-0.05, 0) is 97.9 Å². The summed E-state index contributed by atoms with van der Waals surface area (Å²) in [6.07, 6.45) is -0.210. The molecule has 4 aliphatic carbocycles. The lowest BCUT2D eigenvalue weighted by Gasteiger charge is -2.55. The number of amides is 3. The molecular formula is C41H47F3N6O5. The van der Waals surface area contributed by atoms with Crippen molar-refractivity contribution in [1.29, 1.82) is 0 Å². The number of aliphatic imine (C=N–C) groups is 1. The molecule has 292 valence electrons. The first kappa shape index (κ1) is 39.3. The molecule has 1 unspecified atom stereocenters. The van der Waals surface area contributed by atoms with Crippen molar-refractivity contribution in [2.24, 2.45) is 34.2 Å². The lowest BCUT2D eigenvalue weighted by molar-refractivity contribution is -0.173. The summed E-state index contributed by atoms with van der Waals surface area (Å²) in [5.74, 6) is -2.54. The van der Waals surface area contributed by atoms with Gasteiger partial charge in [0, 0.05) is 12.8 Å². The maximum atomic E-state index is 14.1. The van der Waals surface area contributed by atoms with E-state index in [-0.39, 0.29) is 18.8 Å². The van der Waals surface area contributed by atoms with Gasteiger partial charge in [-0.15, -0.1) is 0 Å². The zero-order valence-electron chi connectivity index (χ0n) is 30.4. The molecule has 4 saturated carbocycles. The van der Waals surface area contributed by atoms with Crippen LogP contribution in [0.1, 0.15) is 61.6 Å². The van der Waals surface area contributed by atoms with E-state index in [4.69, 9.17) is 16.2 Å². The maximum Gasteiger partial charge on any atom is 0.452 e. The number of nitrogens with one attached hydrogen (secondary N) is 3. The topological polar surface area (TPSA) is 178 Å². The van der Waals surface area contributed by atoms with Gasteiger partial charge in [0.2, 0.25) is 11.8 Å². The molecule has 0 saturated heterocycles. The van der Waals surface area contributed by atoms with Gasteiger partial charge >= 0.3 is 12.3 Å². The molecule has 7 rings (SSSR count). The third-order valence-electron chi connectivity index (χ3n) is 10.9. The molecule has 14 heteroatoms. The number of hydrogen-bond acceptors (Lipinski definition) is 6. The Morgan fingerprint density at radius 3 is 1.73 bits per heavy atom. The zero-order valence-corrected chi connectivity index (χ0v) is 30.4. The number of alkyl carbamates (subject to hydrolysis) is 1. The number of halogens is 3. The number of benzene rings is 3. The number of ketones is 1. The van der Waals surface area contributed by atoms with Gasteiger partial charge in [0.15, 0.2) is 5.96 Å². The molecule has 11 nitrogen and oxygen atoms in total. The van der Waals surface area contributed by atoms with Crippen LogP contribution in [0, 0.1) is 17.8 Å². The summed E-state index contributed by atoms with van der Waals surface area (Å²) in [5.41, 5.74) is 12.4. The fourth-order valence-electron chi connectivity index (χ4n) is 8.85. The van der Waals surface area contributed by atoms with Gasteiger partial charge in [-0.3, -0.25) is 14.4 Å². The van der Waals surface area contributed by atoms with Gasteiger partial charge in [-0.25, -0.2) is 9.79 Å². The normalized spacial score (nSPS) is 22.8. The Labute approximate surface area is 317 Å². The number of alkyl halides is 3. The van der Waals surface area contributed by atoms with Crippen LogP contribution in [0.15, 0.2) is 89.9 Å². The van der Waals surface area contributed by atoms with Gasteiger partial charge in [-0.2, -0.15) is 13.2 Å². The standard InChI is InChI=1S/C41H47F3N6O5/c42-41(43,44)35(51)33(20-27-11-14-31(15-12-27)47-38(45)46)48-37(53)34(21-26-9-5-2-6-10-26)49-36(52)32(16-13-25-7-3-1-4-8-25)50-39(54)55-40-22-28-17-29(23-40)19-30(18-28)24-40/h1-12,14-15,28-30,32-34H,13,16-24H2,(H,48,53)(H,49,52)(H,50,54)(H4,45,46,47)/t28?,29?,30?,32-,33?,34+,40?/m1/s1. The van der Waals surface area contributed by atoms with Crippen molar-refractivity contribution in [1.82, 2.24) is 16.0 Å². The second kappa shape index (κ2) is 17.0. The molecule has 0 radical (unpaired) electrons. The second-order valence-corrected chi connectivity index (χ2v) is 15.3. The fraction of sp³-hybridized carbons (Fsp3) is 0.439. The molecule has 4 bridgehead atoms. The summed E-state index contributed by atoms with van der Waals surface area (Å²) in [7, 11) is 0. The number of carbonyl (C=O) groups is 4. The Kier molecular flexibility index (Phi) is 12.1. The van der Waals surface area contributed by atoms with Crippen molar-refractivity contribution in [3.05, 3.63) is 102 Å². The van der Waals surface area contributed by atoms with E-state index in [1.807, 2.05) is 30.3 Å². The van der Waals surface area contributed by atoms with Crippen molar-refractivity contribution < 1.29 is 37.1 Å². The summed E-state index contributed by atoms with van der Waals surface area (Å²) in [6, 6.07) is 19.2. The van der Waals surface area contributed by atoms with E-state index >= 15 is 0 Å². The van der Waals surface area contributed by atoms with E-state index < -0.39 is 60.0 Å². The molecule has 0 aromatic heterocycles. The molecule has 55 heavy (non-hydrogen) atoms. The Balaban J connectivity index is 1.21. The number of Topliss-reactive ketones (excluding diaryl/α,β-unsaturated/α-hetero) is 1. The Morgan fingerprint density at radius 1 is 0.691 bits per heavy atom. The van der Waals surface area contributed by atoms with Crippen molar-refractivity contribution in [2.45, 2.75) is 94.1 Å². The summed E-state index contributed by atoms with van der Waals surface area (Å²) < 4.78 is 47.8. The van der Waals surface area contributed by atoms with E-state index in [0.29, 0.717) is 41.0 Å². The number of hydrogen-bond donors (Lipinski definition) is 5. The summed E-state index contributed by atoms with van der Waals surface area (Å²) in [6.45, 7) is 0. The second-order valence-electron chi connectivity index (χ2n) is 15.3. The highest BCUT2D eigenvalue weighted by Crippen LogP contribution is 2.57. The largest absolute Gasteiger partial charge is 0.452 e. The van der Waals surface area contributed by atoms with Crippen molar-refractivity contribution in [3.63, 3.8) is 0 Å². The van der Waals surface area contributed by atoms with E-state index in [9.17, 15) is 32.3 Å². The predicted molar refractivity (Wildman–Crippen MR) is 200 cm³/mol. The van der Waals surface area contributed by atoms with Crippen LogP contribution >= 0.6 is 0 Å². The molecule has 7 N–H and O–H groups in total. The molecule has 0 aliphatic heterocycles. The minimum Gasteiger partial charge on any atom is -0.443 e. The third-order valence-corrected chi connectivity index (χ3v) is 10.9. The van der Waals surface area contributed by atoms with Gasteiger partial charge in [0.1, 0.15) is 23.7 Å². The van der Waals surface area contributed by atoms with Crippen LogP contribution in [0.4, 0.5) is 23.7 Å². The van der Waals surface area contributed by atoms with Crippen LogP contribution < -0.4 is 27.4 Å². The van der Waals surface area contributed by atoms with Crippen LogP contribution in [-0.4, -0.2) is 59.6 Å². The first-order valence-corrected chi connectivity index (χ1v) is 18.7. The van der Waals surface area contributed by atoms with E-state index in [2.05, 4.69) is 20.9 Å². The van der Waals surface area contributed by atoms with Crippen LogP contribution in [-0.2, 0) is 38.4 Å². The number of nitrogens with zero attached hydrogens (tertiary/aromatic N) is 1. The molecule has 3 atom stereocenters. The van der Waals surface area contributed by atoms with Gasteiger partial charge < -0.3 is 32.2 Å². The lowest BCUT2D eigenvalue weighted by atomic mass is 9.54. The fourth-order valence-corrected chi connectivity index (χ4v) is 8.85. The summed E-state index contributed by atoms with van der Waals surface area (Å²) in [4.78, 5) is 58.2. The molecule has 0 heterocycles. The minimum absolute atomic E-state index is 0.109. The highest BCUT2D eigenvalue weighted by Gasteiger charge is 2.53. The maximum absolute atomic E-state index is 14.1. The number of carbonyl (C=O) groups excluding carboxylic acids is 4. The average Bonchev–Trinajstić information content (AvgIpc) is 3.12. The zero-order chi connectivity index (χ0) is 39.2. The quantitative estimate of drug-likeness (QED) is 0.105. The monoisotopic (exact) mass is 760 g/mol. The summed E-state index contributed by atoms with van der Waals surface area (Å²) >= 11 is 0. The molecule has 3 aromatic carbocycles. The molecule has 3 amide bonds. The lowest BCUT2D eigenvalue weighted by Crippen LogP contribution is -2.58. The van der Waals surface area contributed by atoms with Crippen molar-refractivity contribution in [3.8, 4) is 0 Å². The Morgan fingerprint density at radius 2 is 1.18 bits per heavy atom. The molecule has 4 aliphatic rings. The van der Waals surface area contributed by atoms with Gasteiger partial charge in [0.25, 0.3) is 5.78 Å². The van der Waals surface area contributed by atoms with Crippen molar-refractivity contribution >= 4 is 35.3 Å². The molecule has 0 spiro atoms. The minimum atomic E-state index is -5.27. The predicted octanol–water partition coefficient (Wildman–Crippen LogP) is 5.17. The van der Waals surface area contributed by atoms with Gasteiger partial charge in [0.05, 0.1) is 5.69 Å². The van der Waals surface area contributed by atoms with Crippen LogP contribution in [0.5, 0.6) is 0 Å². The third kappa shape index (κ3) is 10.6. The summed E-state index contributed by atoms with van der Waals surface area (Å²) in [5, 5.41) is 7.72. The highest BCUT2D eigenvalue weighted by atomic mass is 19.4. The SMILES string of the molecule is NC(N)=Nc1ccc(CC(NC(=O)[C@H](Cc2ccccc2)NC(=O)[C@@H](CCc2ccccc2)NC(=O)OC23CC4CC(CC(C4)C2)C3)C(=O)C(F)(F)F)cc1. The Hall–Kier alpha value is -5.40. The van der Waals surface area contributed by atoms with Crippen molar-refractivity contribution in [2.75, 3.05) is 0 Å². The van der Waals surface area contributed by atoms with E-state index in [1.165, 1.54) is 24.3 Å². The molecular weight excluding hydrogens is 713 g/mol. The number of aryl methyl sites for hydroxylation is 1. The molecule has 3 aromatic rings. The van der Waals surface area contributed by atoms with Crippen LogP contribution in [0.2, 0.25) is 0 Å². The first-order valence-electron chi connectivity index (χ1n) is 18.7. The van der Waals surface area contributed by atoms with Crippen LogP contribution in [0.3, 0.4) is 0 Å². The number of nitrogens with two attached hydrogens (primary N) is 2. The number of rotatable bonds is 15. The van der Waals surface area contributed by atoms with Crippen LogP contribution in [0.25, 0.3) is 0 Å². The van der Waals surface area contributed by atoms with Gasteiger partial charge in [-0.1, -0.05) is 72.8 Å². The first-order chi connectivity index (χ1) is 26.2. The van der Waals surface area contributed by atoms with E-state index in [1.54, 1.807) is 30.3 Å². The molecule has 4 fully saturated rings. The highest BCUT2D eigenvalue weighted by molar-refractivity contribution is 5.96. The number of ether oxygens (including phenoxy) is 1.